The van der Waals surface area contributed by atoms with Crippen LogP contribution >= 0.6 is 0 Å². The third kappa shape index (κ3) is 2.73. The van der Waals surface area contributed by atoms with Gasteiger partial charge in [-0.1, -0.05) is 13.8 Å². The van der Waals surface area contributed by atoms with Crippen molar-refractivity contribution in [3.05, 3.63) is 23.2 Å². The van der Waals surface area contributed by atoms with Crippen LogP contribution in [-0.2, 0) is 11.2 Å². The zero-order chi connectivity index (χ0) is 15.4. The van der Waals surface area contributed by atoms with Gasteiger partial charge in [-0.25, -0.2) is 0 Å². The van der Waals surface area contributed by atoms with Crippen LogP contribution in [0.25, 0.3) is 0 Å². The largest absolute Gasteiger partial charge is 0.466 e. The first-order chi connectivity index (χ1) is 9.69. The van der Waals surface area contributed by atoms with Gasteiger partial charge in [-0.15, -0.1) is 0 Å². The molecule has 1 fully saturated rings. The van der Waals surface area contributed by atoms with Crippen molar-refractivity contribution in [1.82, 2.24) is 5.32 Å². The Bertz CT molecular complexity index is 567. The molecule has 0 radical (unpaired) electrons. The number of rotatable bonds is 3. The molecule has 116 valence electrons. The Morgan fingerprint density at radius 1 is 1.48 bits per heavy atom. The van der Waals surface area contributed by atoms with E-state index in [2.05, 4.69) is 25.2 Å². The van der Waals surface area contributed by atoms with Gasteiger partial charge in [0, 0.05) is 12.0 Å². The first-order valence-corrected chi connectivity index (χ1v) is 7.88. The molecule has 4 nitrogen and oxygen atoms in total. The lowest BCUT2D eigenvalue weighted by molar-refractivity contribution is -0.127. The zero-order valence-corrected chi connectivity index (χ0v) is 13.5. The molecule has 0 bridgehead atoms. The van der Waals surface area contributed by atoms with Crippen LogP contribution in [0, 0.1) is 18.3 Å². The highest BCUT2D eigenvalue weighted by atomic mass is 16.3. The summed E-state index contributed by atoms with van der Waals surface area (Å²) in [5, 5.41) is 3.18. The number of carbonyl (C=O) groups excluding carboxylic acids is 1. The second kappa shape index (κ2) is 4.60. The topological polar surface area (TPSA) is 68.3 Å². The number of aryl methyl sites for hydroxylation is 1. The minimum absolute atomic E-state index is 0.00956. The number of carbonyl (C=O) groups is 1. The zero-order valence-electron chi connectivity index (χ0n) is 13.5. The van der Waals surface area contributed by atoms with Gasteiger partial charge >= 0.3 is 0 Å². The molecule has 2 unspecified atom stereocenters. The van der Waals surface area contributed by atoms with Crippen LogP contribution in [-0.4, -0.2) is 11.4 Å². The lowest BCUT2D eigenvalue weighted by atomic mass is 9.74. The minimum Gasteiger partial charge on any atom is -0.466 e. The lowest BCUT2D eigenvalue weighted by Gasteiger charge is -2.36. The van der Waals surface area contributed by atoms with E-state index >= 15 is 0 Å². The average Bonchev–Trinajstić information content (AvgIpc) is 3.12. The first kappa shape index (κ1) is 14.6. The van der Waals surface area contributed by atoms with E-state index < -0.39 is 5.54 Å². The molecule has 2 aliphatic carbocycles. The van der Waals surface area contributed by atoms with Gasteiger partial charge in [-0.2, -0.15) is 0 Å². The third-order valence-electron chi connectivity index (χ3n) is 4.96. The van der Waals surface area contributed by atoms with Crippen molar-refractivity contribution in [2.75, 3.05) is 0 Å². The quantitative estimate of drug-likeness (QED) is 0.899. The van der Waals surface area contributed by atoms with Crippen LogP contribution in [0.2, 0.25) is 0 Å². The maximum atomic E-state index is 12.6. The molecule has 3 rings (SSSR count). The van der Waals surface area contributed by atoms with Crippen LogP contribution < -0.4 is 11.1 Å². The Hall–Kier alpha value is -1.29. The standard InChI is InChI=1S/C17H26N2O2/c1-10-7-12-13(8-16(2,3)9-14(12)21-10)19-15(20)17(4,18)11-5-6-11/h7,11,13H,5-6,8-9,18H2,1-4H3,(H,19,20). The summed E-state index contributed by atoms with van der Waals surface area (Å²) in [4.78, 5) is 12.6. The maximum absolute atomic E-state index is 12.6. The third-order valence-corrected chi connectivity index (χ3v) is 4.96. The van der Waals surface area contributed by atoms with E-state index in [1.54, 1.807) is 0 Å². The number of nitrogens with two attached hydrogens (primary N) is 1. The summed E-state index contributed by atoms with van der Waals surface area (Å²) in [5.41, 5.74) is 6.75. The van der Waals surface area contributed by atoms with Gasteiger partial charge in [0.1, 0.15) is 11.5 Å². The summed E-state index contributed by atoms with van der Waals surface area (Å²) in [5.74, 6) is 2.23. The van der Waals surface area contributed by atoms with Gasteiger partial charge in [0.05, 0.1) is 11.6 Å². The van der Waals surface area contributed by atoms with Gasteiger partial charge in [-0.05, 0) is 50.5 Å². The van der Waals surface area contributed by atoms with E-state index in [1.807, 2.05) is 13.8 Å². The molecule has 1 saturated carbocycles. The van der Waals surface area contributed by atoms with E-state index in [-0.39, 0.29) is 17.4 Å². The predicted octanol–water partition coefficient (Wildman–Crippen LogP) is 2.85. The van der Waals surface area contributed by atoms with Crippen molar-refractivity contribution >= 4 is 5.91 Å². The van der Waals surface area contributed by atoms with Gasteiger partial charge in [0.15, 0.2) is 0 Å². The SMILES string of the molecule is Cc1cc2c(o1)CC(C)(C)CC2NC(=O)C(C)(N)C1CC1. The maximum Gasteiger partial charge on any atom is 0.240 e. The fourth-order valence-corrected chi connectivity index (χ4v) is 3.50. The molecule has 0 saturated heterocycles. The molecule has 21 heavy (non-hydrogen) atoms. The van der Waals surface area contributed by atoms with E-state index in [4.69, 9.17) is 10.2 Å². The first-order valence-electron chi connectivity index (χ1n) is 7.88. The molecule has 1 aromatic rings. The van der Waals surface area contributed by atoms with E-state index in [9.17, 15) is 4.79 Å². The van der Waals surface area contributed by atoms with Crippen molar-refractivity contribution in [2.24, 2.45) is 17.1 Å². The van der Waals surface area contributed by atoms with Crippen LogP contribution in [0.3, 0.4) is 0 Å². The summed E-state index contributed by atoms with van der Waals surface area (Å²) in [7, 11) is 0. The molecule has 1 heterocycles. The van der Waals surface area contributed by atoms with E-state index in [0.29, 0.717) is 5.92 Å². The summed E-state index contributed by atoms with van der Waals surface area (Å²) in [6.07, 6.45) is 3.97. The summed E-state index contributed by atoms with van der Waals surface area (Å²) < 4.78 is 5.82. The van der Waals surface area contributed by atoms with Crippen molar-refractivity contribution in [2.45, 2.75) is 65.0 Å². The number of hydrogen-bond acceptors (Lipinski definition) is 3. The van der Waals surface area contributed by atoms with Gasteiger partial charge < -0.3 is 15.5 Å². The molecule has 1 amide bonds. The second-order valence-electron chi connectivity index (χ2n) is 7.86. The Morgan fingerprint density at radius 3 is 2.76 bits per heavy atom. The highest BCUT2D eigenvalue weighted by molar-refractivity contribution is 5.86. The van der Waals surface area contributed by atoms with Crippen molar-refractivity contribution < 1.29 is 9.21 Å². The Morgan fingerprint density at radius 2 is 2.14 bits per heavy atom. The highest BCUT2D eigenvalue weighted by Gasteiger charge is 2.45. The van der Waals surface area contributed by atoms with Gasteiger partial charge in [0.25, 0.3) is 0 Å². The van der Waals surface area contributed by atoms with Gasteiger partial charge in [-0.3, -0.25) is 4.79 Å². The molecule has 3 N–H and O–H groups in total. The smallest absolute Gasteiger partial charge is 0.240 e. The van der Waals surface area contributed by atoms with Crippen LogP contribution in [0.1, 0.15) is 63.2 Å². The molecule has 0 aromatic carbocycles. The lowest BCUT2D eigenvalue weighted by Crippen LogP contribution is -2.54. The molecule has 4 heteroatoms. The van der Waals surface area contributed by atoms with Crippen LogP contribution in [0.5, 0.6) is 0 Å². The number of hydrogen-bond donors (Lipinski definition) is 2. The van der Waals surface area contributed by atoms with E-state index in [1.165, 1.54) is 0 Å². The van der Waals surface area contributed by atoms with Gasteiger partial charge in [0.2, 0.25) is 5.91 Å². The summed E-state index contributed by atoms with van der Waals surface area (Å²) >= 11 is 0. The number of furan rings is 1. The second-order valence-corrected chi connectivity index (χ2v) is 7.86. The Labute approximate surface area is 126 Å². The van der Waals surface area contributed by atoms with Crippen molar-refractivity contribution in [1.29, 1.82) is 0 Å². The Balaban J connectivity index is 1.83. The molecular formula is C17H26N2O2. The fraction of sp³-hybridized carbons (Fsp3) is 0.706. The van der Waals surface area contributed by atoms with Crippen molar-refractivity contribution in [3.63, 3.8) is 0 Å². The average molecular weight is 290 g/mol. The minimum atomic E-state index is -0.749. The molecule has 2 atom stereocenters. The number of nitrogens with one attached hydrogen (secondary N) is 1. The van der Waals surface area contributed by atoms with Crippen molar-refractivity contribution in [3.8, 4) is 0 Å². The highest BCUT2D eigenvalue weighted by Crippen LogP contribution is 2.43. The molecule has 1 aromatic heterocycles. The van der Waals surface area contributed by atoms with E-state index in [0.717, 1.165) is 42.8 Å². The van der Waals surface area contributed by atoms with Crippen LogP contribution in [0.15, 0.2) is 10.5 Å². The summed E-state index contributed by atoms with van der Waals surface area (Å²) in [6.45, 7) is 8.25. The fourth-order valence-electron chi connectivity index (χ4n) is 3.50. The predicted molar refractivity (Wildman–Crippen MR) is 81.7 cm³/mol. The molecular weight excluding hydrogens is 264 g/mol. The molecule has 2 aliphatic rings. The molecule has 0 spiro atoms. The normalized spacial score (nSPS) is 26.8. The molecule has 0 aliphatic heterocycles. The number of fused-ring (bicyclic) bond motifs is 1. The van der Waals surface area contributed by atoms with Crippen LogP contribution in [0.4, 0.5) is 0 Å². The monoisotopic (exact) mass is 290 g/mol. The number of amides is 1. The summed E-state index contributed by atoms with van der Waals surface area (Å²) in [6, 6.07) is 2.07. The Kier molecular flexibility index (Phi) is 3.21.